The fraction of sp³-hybridized carbons (Fsp3) is 0.500. The van der Waals surface area contributed by atoms with Gasteiger partial charge >= 0.3 is 0 Å². The number of morpholine rings is 2. The van der Waals surface area contributed by atoms with Crippen LogP contribution in [0.3, 0.4) is 0 Å². The van der Waals surface area contributed by atoms with Gasteiger partial charge in [0.2, 0.25) is 0 Å². The highest BCUT2D eigenvalue weighted by Gasteiger charge is 2.26. The molecule has 2 fully saturated rings. The first-order chi connectivity index (χ1) is 14.2. The molecule has 1 aromatic heterocycles. The zero-order valence-electron chi connectivity index (χ0n) is 15.7. The number of nitrogens with zero attached hydrogens (tertiary/aromatic N) is 7. The normalized spacial score (nSPS) is 17.7. The zero-order chi connectivity index (χ0) is 20.1. The maximum atomic E-state index is 11.8. The molecule has 13 nitrogen and oxygen atoms in total. The Morgan fingerprint density at radius 1 is 1.10 bits per heavy atom. The third kappa shape index (κ3) is 4.41. The molecule has 0 spiro atoms. The fourth-order valence-corrected chi connectivity index (χ4v) is 3.34. The van der Waals surface area contributed by atoms with E-state index in [-0.39, 0.29) is 16.6 Å². The lowest BCUT2D eigenvalue weighted by molar-refractivity contribution is -0.384. The van der Waals surface area contributed by atoms with Crippen molar-refractivity contribution in [1.29, 1.82) is 0 Å². The molecular weight excluding hydrogens is 382 g/mol. The Balaban J connectivity index is 1.71. The summed E-state index contributed by atoms with van der Waals surface area (Å²) in [5.41, 5.74) is 4.74. The number of hydrogen-bond acceptors (Lipinski definition) is 11. The fourth-order valence-electron chi connectivity index (χ4n) is 3.34. The standard InChI is InChI=1S/C16H21N9O4/c26-25(27)15-9-12(11-17-18-16-19-21-22-20-16)13(23-1-5-28-6-2-23)10-14(15)24-3-7-29-8-4-24/h9-11H,1-8H2,(H2,18,19,20,21,22)/b17-11-. The molecule has 13 heteroatoms. The number of H-pyrrole nitrogens is 1. The predicted molar refractivity (Wildman–Crippen MR) is 105 cm³/mol. The minimum absolute atomic E-state index is 0.0323. The second kappa shape index (κ2) is 8.79. The molecule has 3 heterocycles. The van der Waals surface area contributed by atoms with Crippen molar-refractivity contribution in [2.24, 2.45) is 5.10 Å². The molecule has 29 heavy (non-hydrogen) atoms. The van der Waals surface area contributed by atoms with Crippen molar-refractivity contribution in [3.05, 3.63) is 27.8 Å². The van der Waals surface area contributed by atoms with E-state index >= 15 is 0 Å². The Kier molecular flexibility index (Phi) is 5.76. The molecular formula is C16H21N9O4. The summed E-state index contributed by atoms with van der Waals surface area (Å²) in [5.74, 6) is 0.202. The first-order valence-electron chi connectivity index (χ1n) is 9.23. The quantitative estimate of drug-likeness (QED) is 0.390. The Morgan fingerprint density at radius 2 is 1.76 bits per heavy atom. The number of aromatic nitrogens is 4. The average molecular weight is 403 g/mol. The van der Waals surface area contributed by atoms with Crippen LogP contribution in [0.5, 0.6) is 0 Å². The van der Waals surface area contributed by atoms with E-state index in [1.54, 1.807) is 6.07 Å². The Hall–Kier alpha value is -3.32. The van der Waals surface area contributed by atoms with Crippen LogP contribution in [0.25, 0.3) is 0 Å². The molecule has 2 saturated heterocycles. The SMILES string of the molecule is O=[N+]([O-])c1cc(/C=N\Nc2nn[nH]n2)c(N2CCOCC2)cc1N1CCOCC1. The minimum Gasteiger partial charge on any atom is -0.378 e. The number of nitrogens with one attached hydrogen (secondary N) is 2. The van der Waals surface area contributed by atoms with Gasteiger partial charge in [-0.15, -0.1) is 5.10 Å². The Bertz CT molecular complexity index is 862. The van der Waals surface area contributed by atoms with Crippen LogP contribution in [0.1, 0.15) is 5.56 Å². The molecule has 2 aromatic rings. The maximum Gasteiger partial charge on any atom is 0.293 e. The first kappa shape index (κ1) is 19.0. The average Bonchev–Trinajstić information content (AvgIpc) is 3.28. The Morgan fingerprint density at radius 3 is 2.34 bits per heavy atom. The molecule has 2 aliphatic rings. The molecule has 2 N–H and O–H groups in total. The highest BCUT2D eigenvalue weighted by atomic mass is 16.6. The first-order valence-corrected chi connectivity index (χ1v) is 9.23. The summed E-state index contributed by atoms with van der Waals surface area (Å²) in [5, 5.41) is 29.2. The largest absolute Gasteiger partial charge is 0.378 e. The third-order valence-electron chi connectivity index (χ3n) is 4.74. The van der Waals surface area contributed by atoms with E-state index in [2.05, 4.69) is 36.1 Å². The zero-order valence-corrected chi connectivity index (χ0v) is 15.7. The van der Waals surface area contributed by atoms with Crippen LogP contribution in [0.15, 0.2) is 17.2 Å². The highest BCUT2D eigenvalue weighted by molar-refractivity contribution is 5.92. The van der Waals surface area contributed by atoms with Crippen LogP contribution in [0, 0.1) is 10.1 Å². The topological polar surface area (TPSA) is 147 Å². The molecule has 0 radical (unpaired) electrons. The van der Waals surface area contributed by atoms with Crippen LogP contribution in [0.2, 0.25) is 0 Å². The van der Waals surface area contributed by atoms with Gasteiger partial charge in [-0.3, -0.25) is 10.1 Å². The lowest BCUT2D eigenvalue weighted by Gasteiger charge is -2.33. The number of hydrazone groups is 1. The number of benzene rings is 1. The molecule has 0 amide bonds. The van der Waals surface area contributed by atoms with E-state index in [9.17, 15) is 10.1 Å². The van der Waals surface area contributed by atoms with Crippen molar-refractivity contribution in [2.45, 2.75) is 0 Å². The van der Waals surface area contributed by atoms with Gasteiger partial charge < -0.3 is 19.3 Å². The van der Waals surface area contributed by atoms with Crippen molar-refractivity contribution in [3.8, 4) is 0 Å². The summed E-state index contributed by atoms with van der Waals surface area (Å²) >= 11 is 0. The van der Waals surface area contributed by atoms with Crippen molar-refractivity contribution < 1.29 is 14.4 Å². The van der Waals surface area contributed by atoms with Gasteiger partial charge in [0.05, 0.1) is 37.6 Å². The molecule has 154 valence electrons. The van der Waals surface area contributed by atoms with Crippen LogP contribution < -0.4 is 15.2 Å². The molecule has 2 aliphatic heterocycles. The molecule has 0 aliphatic carbocycles. The summed E-state index contributed by atoms with van der Waals surface area (Å²) < 4.78 is 10.8. The van der Waals surface area contributed by atoms with Crippen molar-refractivity contribution in [2.75, 3.05) is 67.8 Å². The number of aromatic amines is 1. The summed E-state index contributed by atoms with van der Waals surface area (Å²) in [7, 11) is 0. The number of nitro benzene ring substituents is 1. The maximum absolute atomic E-state index is 11.8. The van der Waals surface area contributed by atoms with Gasteiger partial charge in [0.25, 0.3) is 11.6 Å². The predicted octanol–water partition coefficient (Wildman–Crippen LogP) is 0.227. The van der Waals surface area contributed by atoms with E-state index in [1.165, 1.54) is 6.21 Å². The molecule has 0 bridgehead atoms. The Labute approximate surface area is 165 Å². The van der Waals surface area contributed by atoms with E-state index in [1.807, 2.05) is 11.0 Å². The van der Waals surface area contributed by atoms with Crippen molar-refractivity contribution in [3.63, 3.8) is 0 Å². The van der Waals surface area contributed by atoms with E-state index in [4.69, 9.17) is 9.47 Å². The number of anilines is 3. The lowest BCUT2D eigenvalue weighted by Crippen LogP contribution is -2.38. The van der Waals surface area contributed by atoms with Gasteiger partial charge in [0.15, 0.2) is 0 Å². The summed E-state index contributed by atoms with van der Waals surface area (Å²) in [4.78, 5) is 15.6. The van der Waals surface area contributed by atoms with Crippen LogP contribution >= 0.6 is 0 Å². The van der Waals surface area contributed by atoms with Crippen LogP contribution in [-0.4, -0.2) is 84.4 Å². The summed E-state index contributed by atoms with van der Waals surface area (Å²) in [6, 6.07) is 3.42. The second-order valence-electron chi connectivity index (χ2n) is 6.46. The van der Waals surface area contributed by atoms with Crippen LogP contribution in [0.4, 0.5) is 23.0 Å². The van der Waals surface area contributed by atoms with Gasteiger partial charge in [0.1, 0.15) is 5.69 Å². The number of hydrogen-bond donors (Lipinski definition) is 2. The molecule has 0 unspecified atom stereocenters. The monoisotopic (exact) mass is 403 g/mol. The van der Waals surface area contributed by atoms with E-state index < -0.39 is 0 Å². The minimum atomic E-state index is -0.363. The van der Waals surface area contributed by atoms with Gasteiger partial charge in [-0.25, -0.2) is 5.43 Å². The molecule has 0 saturated carbocycles. The molecule has 1 aromatic carbocycles. The summed E-state index contributed by atoms with van der Waals surface area (Å²) in [6.07, 6.45) is 1.53. The molecule has 0 atom stereocenters. The second-order valence-corrected chi connectivity index (χ2v) is 6.46. The highest BCUT2D eigenvalue weighted by Crippen LogP contribution is 2.36. The number of tetrazole rings is 1. The third-order valence-corrected chi connectivity index (χ3v) is 4.74. The number of nitro groups is 1. The van der Waals surface area contributed by atoms with Gasteiger partial charge in [-0.05, 0) is 11.3 Å². The molecule has 4 rings (SSSR count). The van der Waals surface area contributed by atoms with E-state index in [0.29, 0.717) is 63.9 Å². The lowest BCUT2D eigenvalue weighted by atomic mass is 10.1. The van der Waals surface area contributed by atoms with Gasteiger partial charge in [-0.2, -0.15) is 10.3 Å². The van der Waals surface area contributed by atoms with Crippen molar-refractivity contribution >= 4 is 29.2 Å². The smallest absolute Gasteiger partial charge is 0.293 e. The summed E-state index contributed by atoms with van der Waals surface area (Å²) in [6.45, 7) is 4.89. The van der Waals surface area contributed by atoms with Gasteiger partial charge in [0, 0.05) is 43.5 Å². The van der Waals surface area contributed by atoms with Crippen molar-refractivity contribution in [1.82, 2.24) is 20.6 Å². The van der Waals surface area contributed by atoms with Crippen LogP contribution in [-0.2, 0) is 9.47 Å². The van der Waals surface area contributed by atoms with E-state index in [0.717, 1.165) is 5.69 Å². The number of ether oxygens (including phenoxy) is 2. The van der Waals surface area contributed by atoms with Gasteiger partial charge in [-0.1, -0.05) is 5.10 Å². The number of rotatable bonds is 6.